The number of hydrogen-bond donors (Lipinski definition) is 3. The van der Waals surface area contributed by atoms with Crippen molar-refractivity contribution < 1.29 is 18.8 Å². The Bertz CT molecular complexity index is 903. The summed E-state index contributed by atoms with van der Waals surface area (Å²) in [5, 5.41) is 5.68. The second-order valence-electron chi connectivity index (χ2n) is 6.46. The third-order valence-electron chi connectivity index (χ3n) is 4.15. The first kappa shape index (κ1) is 22.6. The first-order valence-electron chi connectivity index (χ1n) is 8.71. The summed E-state index contributed by atoms with van der Waals surface area (Å²) in [7, 11) is 0. The molecule has 0 aliphatic rings. The molecule has 2 rings (SSSR count). The molecule has 3 amide bonds. The molecule has 0 aromatic heterocycles. The number of primary amides is 1. The lowest BCUT2D eigenvalue weighted by atomic mass is 10.0. The van der Waals surface area contributed by atoms with E-state index >= 15 is 0 Å². The molecule has 0 fully saturated rings. The van der Waals surface area contributed by atoms with Crippen LogP contribution in [0.15, 0.2) is 42.5 Å². The molecule has 0 heterocycles. The molecule has 4 N–H and O–H groups in total. The minimum atomic E-state index is -1.11. The molecule has 29 heavy (non-hydrogen) atoms. The summed E-state index contributed by atoms with van der Waals surface area (Å²) in [4.78, 5) is 36.2. The number of carbonyl (C=O) groups excluding carboxylic acids is 3. The van der Waals surface area contributed by atoms with Crippen molar-refractivity contribution in [2.24, 2.45) is 5.73 Å². The fourth-order valence-corrected chi connectivity index (χ4v) is 3.33. The Labute approximate surface area is 177 Å². The van der Waals surface area contributed by atoms with Crippen LogP contribution >= 0.6 is 23.2 Å². The van der Waals surface area contributed by atoms with Gasteiger partial charge in [-0.1, -0.05) is 41.4 Å². The Morgan fingerprint density at radius 2 is 1.62 bits per heavy atom. The molecule has 0 saturated carbocycles. The van der Waals surface area contributed by atoms with E-state index in [1.54, 1.807) is 24.3 Å². The highest BCUT2D eigenvalue weighted by molar-refractivity contribution is 6.36. The van der Waals surface area contributed by atoms with Crippen LogP contribution in [0.25, 0.3) is 0 Å². The monoisotopic (exact) mass is 439 g/mol. The maximum absolute atomic E-state index is 13.4. The summed E-state index contributed by atoms with van der Waals surface area (Å²) in [6, 6.07) is 8.38. The zero-order chi connectivity index (χ0) is 21.6. The average Bonchev–Trinajstić information content (AvgIpc) is 2.62. The highest BCUT2D eigenvalue weighted by Crippen LogP contribution is 2.25. The predicted molar refractivity (Wildman–Crippen MR) is 109 cm³/mol. The van der Waals surface area contributed by atoms with E-state index in [4.69, 9.17) is 28.9 Å². The molecule has 2 aromatic carbocycles. The number of carbonyl (C=O) groups is 3. The van der Waals surface area contributed by atoms with E-state index < -0.39 is 35.6 Å². The van der Waals surface area contributed by atoms with Crippen LogP contribution in [0.4, 0.5) is 4.39 Å². The molecule has 0 radical (unpaired) electrons. The largest absolute Gasteiger partial charge is 0.368 e. The molecule has 0 saturated heterocycles. The summed E-state index contributed by atoms with van der Waals surface area (Å²) >= 11 is 12.3. The SMILES string of the molecule is CC(=O)N[C@H](Cc1cccc(F)c1)C(=O)N[C@@H](Cc1c(Cl)cccc1Cl)C(N)=O. The van der Waals surface area contributed by atoms with E-state index in [0.717, 1.165) is 0 Å². The van der Waals surface area contributed by atoms with Crippen molar-refractivity contribution in [2.75, 3.05) is 0 Å². The number of amides is 3. The fraction of sp³-hybridized carbons (Fsp3) is 0.250. The molecule has 6 nitrogen and oxygen atoms in total. The van der Waals surface area contributed by atoms with Gasteiger partial charge in [0.2, 0.25) is 17.7 Å². The summed E-state index contributed by atoms with van der Waals surface area (Å²) in [6.07, 6.45) is 0.00778. The lowest BCUT2D eigenvalue weighted by Gasteiger charge is -2.22. The van der Waals surface area contributed by atoms with Gasteiger partial charge in [-0.2, -0.15) is 0 Å². The van der Waals surface area contributed by atoms with Crippen molar-refractivity contribution in [2.45, 2.75) is 31.8 Å². The van der Waals surface area contributed by atoms with Crippen LogP contribution in [0.5, 0.6) is 0 Å². The quantitative estimate of drug-likeness (QED) is 0.588. The van der Waals surface area contributed by atoms with Crippen molar-refractivity contribution in [3.05, 3.63) is 69.5 Å². The van der Waals surface area contributed by atoms with Crippen LogP contribution in [-0.4, -0.2) is 29.8 Å². The van der Waals surface area contributed by atoms with Crippen LogP contribution in [0.2, 0.25) is 10.0 Å². The third-order valence-corrected chi connectivity index (χ3v) is 4.86. The molecule has 9 heteroatoms. The van der Waals surface area contributed by atoms with Crippen molar-refractivity contribution in [3.8, 4) is 0 Å². The molecule has 154 valence electrons. The zero-order valence-electron chi connectivity index (χ0n) is 15.5. The summed E-state index contributed by atoms with van der Waals surface area (Å²) in [5.41, 5.74) is 6.39. The number of nitrogens with one attached hydrogen (secondary N) is 2. The number of benzene rings is 2. The van der Waals surface area contributed by atoms with Gasteiger partial charge in [0.15, 0.2) is 0 Å². The molecule has 0 aliphatic carbocycles. The molecule has 0 aliphatic heterocycles. The molecule has 0 spiro atoms. The Kier molecular flexibility index (Phi) is 7.99. The van der Waals surface area contributed by atoms with Crippen molar-refractivity contribution in [1.82, 2.24) is 10.6 Å². The van der Waals surface area contributed by atoms with Gasteiger partial charge in [0.25, 0.3) is 0 Å². The maximum atomic E-state index is 13.4. The first-order valence-corrected chi connectivity index (χ1v) is 9.47. The molecular weight excluding hydrogens is 420 g/mol. The van der Waals surface area contributed by atoms with Gasteiger partial charge >= 0.3 is 0 Å². The highest BCUT2D eigenvalue weighted by atomic mass is 35.5. The van der Waals surface area contributed by atoms with Gasteiger partial charge in [0, 0.05) is 29.8 Å². The summed E-state index contributed by atoms with van der Waals surface area (Å²) in [6.45, 7) is 1.25. The maximum Gasteiger partial charge on any atom is 0.243 e. The van der Waals surface area contributed by atoms with Crippen LogP contribution < -0.4 is 16.4 Å². The van der Waals surface area contributed by atoms with Crippen LogP contribution in [0.3, 0.4) is 0 Å². The molecular formula is C20H20Cl2FN3O3. The van der Waals surface area contributed by atoms with Gasteiger partial charge in [-0.25, -0.2) is 4.39 Å². The Hall–Kier alpha value is -2.64. The lowest BCUT2D eigenvalue weighted by molar-refractivity contribution is -0.130. The van der Waals surface area contributed by atoms with Crippen molar-refractivity contribution in [1.29, 1.82) is 0 Å². The van der Waals surface area contributed by atoms with Crippen molar-refractivity contribution in [3.63, 3.8) is 0 Å². The number of halogens is 3. The van der Waals surface area contributed by atoms with Gasteiger partial charge in [0.1, 0.15) is 17.9 Å². The standard InChI is InChI=1S/C20H20Cl2FN3O3/c1-11(27)25-18(9-12-4-2-5-13(23)8-12)20(29)26-17(19(24)28)10-14-15(21)6-3-7-16(14)22/h2-8,17-18H,9-10H2,1H3,(H2,24,28)(H,25,27)(H,26,29)/t17-,18+/m0/s1. The fourth-order valence-electron chi connectivity index (χ4n) is 2.78. The predicted octanol–water partition coefficient (Wildman–Crippen LogP) is 2.39. The molecule has 0 bridgehead atoms. The van der Waals surface area contributed by atoms with E-state index in [1.807, 2.05) is 0 Å². The molecule has 2 atom stereocenters. The molecule has 2 aromatic rings. The average molecular weight is 440 g/mol. The van der Waals surface area contributed by atoms with Crippen LogP contribution in [0.1, 0.15) is 18.1 Å². The highest BCUT2D eigenvalue weighted by Gasteiger charge is 2.26. The van der Waals surface area contributed by atoms with Gasteiger partial charge in [-0.15, -0.1) is 0 Å². The van der Waals surface area contributed by atoms with Crippen LogP contribution in [-0.2, 0) is 27.2 Å². The molecule has 0 unspecified atom stereocenters. The van der Waals surface area contributed by atoms with Gasteiger partial charge in [-0.05, 0) is 35.4 Å². The van der Waals surface area contributed by atoms with E-state index in [2.05, 4.69) is 10.6 Å². The van der Waals surface area contributed by atoms with E-state index in [0.29, 0.717) is 21.2 Å². The topological polar surface area (TPSA) is 101 Å². The van der Waals surface area contributed by atoms with Crippen LogP contribution in [0, 0.1) is 5.82 Å². The van der Waals surface area contributed by atoms with Gasteiger partial charge in [-0.3, -0.25) is 14.4 Å². The van der Waals surface area contributed by atoms with Gasteiger partial charge < -0.3 is 16.4 Å². The minimum Gasteiger partial charge on any atom is -0.368 e. The van der Waals surface area contributed by atoms with E-state index in [1.165, 1.54) is 25.1 Å². The number of hydrogen-bond acceptors (Lipinski definition) is 3. The Balaban J connectivity index is 2.19. The second kappa shape index (κ2) is 10.2. The Morgan fingerprint density at radius 3 is 2.17 bits per heavy atom. The summed E-state index contributed by atoms with van der Waals surface area (Å²) < 4.78 is 13.4. The smallest absolute Gasteiger partial charge is 0.243 e. The Morgan fingerprint density at radius 1 is 1.00 bits per heavy atom. The lowest BCUT2D eigenvalue weighted by Crippen LogP contribution is -2.54. The van der Waals surface area contributed by atoms with Gasteiger partial charge in [0.05, 0.1) is 0 Å². The van der Waals surface area contributed by atoms with E-state index in [9.17, 15) is 18.8 Å². The van der Waals surface area contributed by atoms with E-state index in [-0.39, 0.29) is 12.8 Å². The van der Waals surface area contributed by atoms with Crippen molar-refractivity contribution >= 4 is 40.9 Å². The minimum absolute atomic E-state index is 0.0215. The number of rotatable bonds is 8. The number of nitrogens with two attached hydrogens (primary N) is 1. The zero-order valence-corrected chi connectivity index (χ0v) is 17.1. The normalized spacial score (nSPS) is 12.7. The second-order valence-corrected chi connectivity index (χ2v) is 7.27. The first-order chi connectivity index (χ1) is 13.7. The summed E-state index contributed by atoms with van der Waals surface area (Å²) in [5.74, 6) is -2.35. The third kappa shape index (κ3) is 6.73.